The summed E-state index contributed by atoms with van der Waals surface area (Å²) in [6, 6.07) is 0. The predicted molar refractivity (Wildman–Crippen MR) is 50.3 cm³/mol. The SMILES string of the molecule is CC(C)(C)OC(=O)CCCCCF. The number of esters is 1. The lowest BCUT2D eigenvalue weighted by molar-refractivity contribution is -0.154. The van der Waals surface area contributed by atoms with Crippen LogP contribution < -0.4 is 0 Å². The van der Waals surface area contributed by atoms with Crippen molar-refractivity contribution < 1.29 is 13.9 Å². The van der Waals surface area contributed by atoms with Crippen LogP contribution in [0.15, 0.2) is 0 Å². The van der Waals surface area contributed by atoms with Crippen molar-refractivity contribution >= 4 is 5.97 Å². The van der Waals surface area contributed by atoms with E-state index in [-0.39, 0.29) is 12.6 Å². The first kappa shape index (κ1) is 12.4. The molecule has 3 heteroatoms. The van der Waals surface area contributed by atoms with E-state index in [1.54, 1.807) is 0 Å². The van der Waals surface area contributed by atoms with Crippen molar-refractivity contribution in [3.8, 4) is 0 Å². The van der Waals surface area contributed by atoms with E-state index in [2.05, 4.69) is 0 Å². The van der Waals surface area contributed by atoms with E-state index in [0.29, 0.717) is 12.8 Å². The van der Waals surface area contributed by atoms with Crippen LogP contribution in [-0.4, -0.2) is 18.2 Å². The zero-order valence-corrected chi connectivity index (χ0v) is 8.73. The third-order valence-corrected chi connectivity index (χ3v) is 1.43. The minimum Gasteiger partial charge on any atom is -0.460 e. The molecule has 0 aromatic heterocycles. The predicted octanol–water partition coefficient (Wildman–Crippen LogP) is 2.86. The van der Waals surface area contributed by atoms with Crippen molar-refractivity contribution in [2.24, 2.45) is 0 Å². The molecule has 0 aromatic rings. The van der Waals surface area contributed by atoms with Crippen LogP contribution in [0.2, 0.25) is 0 Å². The lowest BCUT2D eigenvalue weighted by atomic mass is 10.1. The maximum atomic E-state index is 11.7. The van der Waals surface area contributed by atoms with E-state index in [0.717, 1.165) is 12.8 Å². The molecule has 0 bridgehead atoms. The molecule has 0 rings (SSSR count). The fraction of sp³-hybridized carbons (Fsp3) is 0.900. The summed E-state index contributed by atoms with van der Waals surface area (Å²) in [5.74, 6) is -0.189. The fourth-order valence-electron chi connectivity index (χ4n) is 0.933. The van der Waals surface area contributed by atoms with Crippen LogP contribution in [0, 0.1) is 0 Å². The molecule has 0 unspecified atom stereocenters. The Hall–Kier alpha value is -0.600. The summed E-state index contributed by atoms with van der Waals surface area (Å²) in [5.41, 5.74) is -0.406. The number of alkyl halides is 1. The summed E-state index contributed by atoms with van der Waals surface area (Å²) in [4.78, 5) is 11.1. The Labute approximate surface area is 79.5 Å². The van der Waals surface area contributed by atoms with Gasteiger partial charge in [-0.05, 0) is 33.6 Å². The number of carbonyl (C=O) groups is 1. The van der Waals surface area contributed by atoms with E-state index in [1.165, 1.54) is 0 Å². The van der Waals surface area contributed by atoms with Crippen molar-refractivity contribution in [3.05, 3.63) is 0 Å². The second-order valence-corrected chi connectivity index (χ2v) is 4.09. The van der Waals surface area contributed by atoms with Gasteiger partial charge in [-0.25, -0.2) is 0 Å². The quantitative estimate of drug-likeness (QED) is 0.492. The topological polar surface area (TPSA) is 26.3 Å². The van der Waals surface area contributed by atoms with E-state index in [4.69, 9.17) is 4.74 Å². The summed E-state index contributed by atoms with van der Waals surface area (Å²) in [7, 11) is 0. The Morgan fingerprint density at radius 1 is 1.23 bits per heavy atom. The standard InChI is InChI=1S/C10H19FO2/c1-10(2,3)13-9(12)7-5-4-6-8-11/h4-8H2,1-3H3. The number of carbonyl (C=O) groups excluding carboxylic acids is 1. The molecule has 78 valence electrons. The molecule has 0 heterocycles. The Bertz CT molecular complexity index is 149. The first-order chi connectivity index (χ1) is 5.95. The van der Waals surface area contributed by atoms with Gasteiger partial charge in [-0.15, -0.1) is 0 Å². The molecule has 0 amide bonds. The fourth-order valence-corrected chi connectivity index (χ4v) is 0.933. The monoisotopic (exact) mass is 190 g/mol. The van der Waals surface area contributed by atoms with Gasteiger partial charge in [0.15, 0.2) is 0 Å². The lowest BCUT2D eigenvalue weighted by Gasteiger charge is -2.19. The van der Waals surface area contributed by atoms with Crippen molar-refractivity contribution in [1.29, 1.82) is 0 Å². The van der Waals surface area contributed by atoms with Gasteiger partial charge in [0, 0.05) is 6.42 Å². The number of halogens is 1. The van der Waals surface area contributed by atoms with Gasteiger partial charge >= 0.3 is 5.97 Å². The average Bonchev–Trinajstić information content (AvgIpc) is 1.94. The van der Waals surface area contributed by atoms with Gasteiger partial charge < -0.3 is 4.74 Å². The lowest BCUT2D eigenvalue weighted by Crippen LogP contribution is -2.23. The third-order valence-electron chi connectivity index (χ3n) is 1.43. The van der Waals surface area contributed by atoms with Gasteiger partial charge in [0.25, 0.3) is 0 Å². The number of hydrogen-bond acceptors (Lipinski definition) is 2. The van der Waals surface area contributed by atoms with Gasteiger partial charge in [-0.1, -0.05) is 6.42 Å². The molecular formula is C10H19FO2. The summed E-state index contributed by atoms with van der Waals surface area (Å²) in [6.07, 6.45) is 2.43. The summed E-state index contributed by atoms with van der Waals surface area (Å²) < 4.78 is 16.8. The molecular weight excluding hydrogens is 171 g/mol. The molecule has 0 aliphatic heterocycles. The van der Waals surface area contributed by atoms with Crippen molar-refractivity contribution in [1.82, 2.24) is 0 Å². The van der Waals surface area contributed by atoms with Gasteiger partial charge in [0.2, 0.25) is 0 Å². The van der Waals surface area contributed by atoms with Crippen LogP contribution in [0.3, 0.4) is 0 Å². The summed E-state index contributed by atoms with van der Waals surface area (Å²) in [6.45, 7) is 5.22. The normalized spacial score (nSPS) is 11.4. The molecule has 0 spiro atoms. The molecule has 0 saturated carbocycles. The number of rotatable bonds is 5. The highest BCUT2D eigenvalue weighted by Crippen LogP contribution is 2.10. The van der Waals surface area contributed by atoms with Crippen LogP contribution in [0.4, 0.5) is 4.39 Å². The molecule has 0 aliphatic rings. The van der Waals surface area contributed by atoms with Crippen molar-refractivity contribution in [3.63, 3.8) is 0 Å². The molecule has 0 fully saturated rings. The summed E-state index contributed by atoms with van der Waals surface area (Å²) in [5, 5.41) is 0. The maximum Gasteiger partial charge on any atom is 0.306 e. The Balaban J connectivity index is 3.41. The molecule has 0 saturated heterocycles. The number of ether oxygens (including phenoxy) is 1. The van der Waals surface area contributed by atoms with Crippen LogP contribution in [0.25, 0.3) is 0 Å². The number of unbranched alkanes of at least 4 members (excludes halogenated alkanes) is 2. The Morgan fingerprint density at radius 3 is 2.31 bits per heavy atom. The van der Waals surface area contributed by atoms with E-state index < -0.39 is 5.60 Å². The molecule has 0 aliphatic carbocycles. The Morgan fingerprint density at radius 2 is 1.85 bits per heavy atom. The van der Waals surface area contributed by atoms with Crippen molar-refractivity contribution in [2.75, 3.05) is 6.67 Å². The largest absolute Gasteiger partial charge is 0.460 e. The van der Waals surface area contributed by atoms with Crippen LogP contribution in [0.1, 0.15) is 46.5 Å². The van der Waals surface area contributed by atoms with Gasteiger partial charge in [0.05, 0.1) is 6.67 Å². The minimum absolute atomic E-state index is 0.189. The zero-order valence-electron chi connectivity index (χ0n) is 8.73. The van der Waals surface area contributed by atoms with Gasteiger partial charge in [0.1, 0.15) is 5.60 Å². The maximum absolute atomic E-state index is 11.7. The second-order valence-electron chi connectivity index (χ2n) is 4.09. The highest BCUT2D eigenvalue weighted by Gasteiger charge is 2.15. The molecule has 13 heavy (non-hydrogen) atoms. The third kappa shape index (κ3) is 9.31. The van der Waals surface area contributed by atoms with E-state index in [9.17, 15) is 9.18 Å². The molecule has 0 atom stereocenters. The second kappa shape index (κ2) is 5.95. The van der Waals surface area contributed by atoms with Crippen LogP contribution in [0.5, 0.6) is 0 Å². The highest BCUT2D eigenvalue weighted by atomic mass is 19.1. The van der Waals surface area contributed by atoms with Gasteiger partial charge in [-0.2, -0.15) is 0 Å². The first-order valence-electron chi connectivity index (χ1n) is 4.73. The molecule has 2 nitrogen and oxygen atoms in total. The molecule has 0 aromatic carbocycles. The van der Waals surface area contributed by atoms with Gasteiger partial charge in [-0.3, -0.25) is 9.18 Å². The first-order valence-corrected chi connectivity index (χ1v) is 4.73. The Kier molecular flexibility index (Phi) is 5.67. The van der Waals surface area contributed by atoms with Crippen LogP contribution in [-0.2, 0) is 9.53 Å². The molecule has 0 N–H and O–H groups in total. The smallest absolute Gasteiger partial charge is 0.306 e. The minimum atomic E-state index is -0.406. The van der Waals surface area contributed by atoms with E-state index in [1.807, 2.05) is 20.8 Å². The van der Waals surface area contributed by atoms with Crippen LogP contribution >= 0.6 is 0 Å². The summed E-state index contributed by atoms with van der Waals surface area (Å²) >= 11 is 0. The average molecular weight is 190 g/mol. The zero-order chi connectivity index (χ0) is 10.3. The molecule has 0 radical (unpaired) electrons. The van der Waals surface area contributed by atoms with Crippen molar-refractivity contribution in [2.45, 2.75) is 52.1 Å². The number of hydrogen-bond donors (Lipinski definition) is 0. The van der Waals surface area contributed by atoms with E-state index >= 15 is 0 Å². The highest BCUT2D eigenvalue weighted by molar-refractivity contribution is 5.69.